The van der Waals surface area contributed by atoms with Gasteiger partial charge in [0, 0.05) is 18.3 Å². The van der Waals surface area contributed by atoms with Gasteiger partial charge in [0.1, 0.15) is 6.04 Å². The lowest BCUT2D eigenvalue weighted by Gasteiger charge is -2.13. The second-order valence-corrected chi connectivity index (χ2v) is 5.12. The monoisotopic (exact) mass is 280 g/mol. The molecule has 3 rings (SSSR count). The predicted molar refractivity (Wildman–Crippen MR) is 80.9 cm³/mol. The molecule has 1 atom stereocenters. The smallest absolute Gasteiger partial charge is 0.254 e. The summed E-state index contributed by atoms with van der Waals surface area (Å²) in [6, 6.07) is 16.4. The average Bonchev–Trinajstić information content (AvgIpc) is 2.74. The van der Waals surface area contributed by atoms with Crippen LogP contribution in [-0.4, -0.2) is 18.9 Å². The molecule has 0 bridgehead atoms. The largest absolute Gasteiger partial charge is 0.340 e. The standard InChI is InChI=1S/C17H16N2O2/c1-19-14-10-6-5-9-13(14)16(17(19)21)18-15(20)11-12-7-3-2-4-8-12/h2-10,16H,11H2,1H3,(H,18,20). The maximum atomic E-state index is 12.3. The molecular formula is C17H16N2O2. The molecule has 21 heavy (non-hydrogen) atoms. The van der Waals surface area contributed by atoms with Crippen LogP contribution in [0.5, 0.6) is 0 Å². The minimum absolute atomic E-state index is 0.0994. The van der Waals surface area contributed by atoms with Gasteiger partial charge in [0.15, 0.2) is 0 Å². The summed E-state index contributed by atoms with van der Waals surface area (Å²) in [7, 11) is 1.73. The number of rotatable bonds is 3. The maximum Gasteiger partial charge on any atom is 0.254 e. The number of amides is 2. The van der Waals surface area contributed by atoms with Gasteiger partial charge >= 0.3 is 0 Å². The molecule has 106 valence electrons. The molecular weight excluding hydrogens is 264 g/mol. The van der Waals surface area contributed by atoms with Gasteiger partial charge in [-0.25, -0.2) is 0 Å². The number of anilines is 1. The van der Waals surface area contributed by atoms with Crippen LogP contribution in [0, 0.1) is 0 Å². The zero-order valence-corrected chi connectivity index (χ0v) is 11.7. The molecule has 1 N–H and O–H groups in total. The summed E-state index contributed by atoms with van der Waals surface area (Å²) >= 11 is 0. The Kier molecular flexibility index (Phi) is 3.44. The molecule has 0 spiro atoms. The molecule has 2 amide bonds. The van der Waals surface area contributed by atoms with Crippen molar-refractivity contribution in [3.8, 4) is 0 Å². The number of likely N-dealkylation sites (N-methyl/N-ethyl adjacent to an activating group) is 1. The molecule has 2 aromatic carbocycles. The van der Waals surface area contributed by atoms with Crippen molar-refractivity contribution < 1.29 is 9.59 Å². The highest BCUT2D eigenvalue weighted by Gasteiger charge is 2.35. The third-order valence-electron chi connectivity index (χ3n) is 3.70. The van der Waals surface area contributed by atoms with Crippen molar-refractivity contribution in [3.63, 3.8) is 0 Å². The van der Waals surface area contributed by atoms with E-state index < -0.39 is 6.04 Å². The predicted octanol–water partition coefficient (Wildman–Crippen LogP) is 2.06. The first-order chi connectivity index (χ1) is 10.2. The number of para-hydroxylation sites is 1. The Morgan fingerprint density at radius 2 is 1.76 bits per heavy atom. The molecule has 1 unspecified atom stereocenters. The van der Waals surface area contributed by atoms with Crippen LogP contribution < -0.4 is 10.2 Å². The van der Waals surface area contributed by atoms with Gasteiger partial charge in [-0.3, -0.25) is 9.59 Å². The lowest BCUT2D eigenvalue weighted by atomic mass is 10.1. The van der Waals surface area contributed by atoms with E-state index in [4.69, 9.17) is 0 Å². The van der Waals surface area contributed by atoms with E-state index in [1.165, 1.54) is 0 Å². The lowest BCUT2D eigenvalue weighted by molar-refractivity contribution is -0.126. The summed E-state index contributed by atoms with van der Waals surface area (Å²) < 4.78 is 0. The van der Waals surface area contributed by atoms with E-state index in [-0.39, 0.29) is 18.2 Å². The highest BCUT2D eigenvalue weighted by atomic mass is 16.2. The Morgan fingerprint density at radius 1 is 1.10 bits per heavy atom. The molecule has 0 fully saturated rings. The number of hydrogen-bond acceptors (Lipinski definition) is 2. The number of nitrogens with zero attached hydrogens (tertiary/aromatic N) is 1. The number of nitrogens with one attached hydrogen (secondary N) is 1. The molecule has 4 nitrogen and oxygen atoms in total. The van der Waals surface area contributed by atoms with Gasteiger partial charge < -0.3 is 10.2 Å². The summed E-state index contributed by atoms with van der Waals surface area (Å²) in [6.07, 6.45) is 0.274. The highest BCUT2D eigenvalue weighted by Crippen LogP contribution is 2.34. The Balaban J connectivity index is 1.76. The molecule has 0 saturated carbocycles. The number of carbonyl (C=O) groups excluding carboxylic acids is 2. The van der Waals surface area contributed by atoms with Crippen LogP contribution in [0.3, 0.4) is 0 Å². The first kappa shape index (κ1) is 13.4. The molecule has 0 aromatic heterocycles. The van der Waals surface area contributed by atoms with Crippen LogP contribution in [-0.2, 0) is 16.0 Å². The zero-order chi connectivity index (χ0) is 14.8. The van der Waals surface area contributed by atoms with Crippen LogP contribution >= 0.6 is 0 Å². The van der Waals surface area contributed by atoms with Crippen LogP contribution in [0.4, 0.5) is 5.69 Å². The Labute approximate surface area is 123 Å². The second kappa shape index (κ2) is 5.40. The van der Waals surface area contributed by atoms with E-state index in [2.05, 4.69) is 5.32 Å². The normalized spacial score (nSPS) is 16.7. The third-order valence-corrected chi connectivity index (χ3v) is 3.70. The second-order valence-electron chi connectivity index (χ2n) is 5.12. The van der Waals surface area contributed by atoms with Crippen molar-refractivity contribution in [1.82, 2.24) is 5.32 Å². The van der Waals surface area contributed by atoms with E-state index in [9.17, 15) is 9.59 Å². The number of fused-ring (bicyclic) bond motifs is 1. The minimum atomic E-state index is -0.581. The quantitative estimate of drug-likeness (QED) is 0.935. The molecule has 1 aliphatic rings. The van der Waals surface area contributed by atoms with Crippen LogP contribution in [0.15, 0.2) is 54.6 Å². The van der Waals surface area contributed by atoms with E-state index in [0.29, 0.717) is 0 Å². The summed E-state index contributed by atoms with van der Waals surface area (Å²) in [6.45, 7) is 0. The van der Waals surface area contributed by atoms with E-state index in [1.807, 2.05) is 54.6 Å². The topological polar surface area (TPSA) is 49.4 Å². The Hall–Kier alpha value is -2.62. The molecule has 0 saturated heterocycles. The SMILES string of the molecule is CN1C(=O)C(NC(=O)Cc2ccccc2)c2ccccc21. The number of carbonyl (C=O) groups is 2. The van der Waals surface area contributed by atoms with Crippen molar-refractivity contribution in [2.75, 3.05) is 11.9 Å². The van der Waals surface area contributed by atoms with Gasteiger partial charge in [-0.1, -0.05) is 48.5 Å². The van der Waals surface area contributed by atoms with E-state index >= 15 is 0 Å². The summed E-state index contributed by atoms with van der Waals surface area (Å²) in [4.78, 5) is 26.0. The average molecular weight is 280 g/mol. The van der Waals surface area contributed by atoms with Gasteiger partial charge in [0.25, 0.3) is 5.91 Å². The summed E-state index contributed by atoms with van der Waals surface area (Å²) in [5.41, 5.74) is 2.64. The van der Waals surface area contributed by atoms with Gasteiger partial charge in [0.2, 0.25) is 5.91 Å². The summed E-state index contributed by atoms with van der Waals surface area (Å²) in [5.74, 6) is -0.248. The fourth-order valence-corrected chi connectivity index (χ4v) is 2.62. The molecule has 0 aliphatic carbocycles. The maximum absolute atomic E-state index is 12.3. The Bertz CT molecular complexity index is 682. The molecule has 1 heterocycles. The Morgan fingerprint density at radius 3 is 2.52 bits per heavy atom. The zero-order valence-electron chi connectivity index (χ0n) is 11.7. The molecule has 2 aromatic rings. The van der Waals surface area contributed by atoms with Crippen LogP contribution in [0.2, 0.25) is 0 Å². The molecule has 1 aliphatic heterocycles. The van der Waals surface area contributed by atoms with Crippen LogP contribution in [0.25, 0.3) is 0 Å². The first-order valence-corrected chi connectivity index (χ1v) is 6.86. The summed E-state index contributed by atoms with van der Waals surface area (Å²) in [5, 5.41) is 2.83. The van der Waals surface area contributed by atoms with Crippen molar-refractivity contribution in [2.45, 2.75) is 12.5 Å². The number of benzene rings is 2. The van der Waals surface area contributed by atoms with Gasteiger partial charge in [0.05, 0.1) is 6.42 Å². The first-order valence-electron chi connectivity index (χ1n) is 6.86. The lowest BCUT2D eigenvalue weighted by Crippen LogP contribution is -2.36. The number of hydrogen-bond donors (Lipinski definition) is 1. The van der Waals surface area contributed by atoms with Gasteiger partial charge in [-0.05, 0) is 11.6 Å². The van der Waals surface area contributed by atoms with Crippen LogP contribution in [0.1, 0.15) is 17.2 Å². The van der Waals surface area contributed by atoms with Crippen molar-refractivity contribution in [2.24, 2.45) is 0 Å². The highest BCUT2D eigenvalue weighted by molar-refractivity contribution is 6.05. The van der Waals surface area contributed by atoms with E-state index in [0.717, 1.165) is 16.8 Å². The van der Waals surface area contributed by atoms with Gasteiger partial charge in [-0.2, -0.15) is 0 Å². The minimum Gasteiger partial charge on any atom is -0.340 e. The van der Waals surface area contributed by atoms with Gasteiger partial charge in [-0.15, -0.1) is 0 Å². The fraction of sp³-hybridized carbons (Fsp3) is 0.176. The van der Waals surface area contributed by atoms with E-state index in [1.54, 1.807) is 11.9 Å². The van der Waals surface area contributed by atoms with Crippen molar-refractivity contribution in [3.05, 3.63) is 65.7 Å². The third kappa shape index (κ3) is 2.52. The fourth-order valence-electron chi connectivity index (χ4n) is 2.62. The molecule has 0 radical (unpaired) electrons. The van der Waals surface area contributed by atoms with Crippen molar-refractivity contribution >= 4 is 17.5 Å². The molecule has 4 heteroatoms. The van der Waals surface area contributed by atoms with Crippen molar-refractivity contribution in [1.29, 1.82) is 0 Å².